The van der Waals surface area contributed by atoms with Gasteiger partial charge in [-0.15, -0.1) is 11.6 Å². The summed E-state index contributed by atoms with van der Waals surface area (Å²) in [6, 6.07) is 0. The molecule has 1 N–H and O–H groups in total. The molecule has 15 heavy (non-hydrogen) atoms. The van der Waals surface area contributed by atoms with Gasteiger partial charge in [0, 0.05) is 11.6 Å². The number of ether oxygens (including phenoxy) is 1. The Morgan fingerprint density at radius 3 is 2.40 bits per heavy atom. The van der Waals surface area contributed by atoms with Crippen LogP contribution in [0.4, 0.5) is 0 Å². The quantitative estimate of drug-likeness (QED) is 0.288. The highest BCUT2D eigenvalue weighted by Gasteiger charge is 2.02. The average Bonchev–Trinajstić information content (AvgIpc) is 2.15. The zero-order valence-electron chi connectivity index (χ0n) is 9.35. The van der Waals surface area contributed by atoms with Crippen molar-refractivity contribution in [3.63, 3.8) is 0 Å². The zero-order valence-corrected chi connectivity index (χ0v) is 10.1. The van der Waals surface area contributed by atoms with E-state index in [0.717, 1.165) is 38.0 Å². The predicted octanol–water partition coefficient (Wildman–Crippen LogP) is 3.15. The van der Waals surface area contributed by atoms with E-state index >= 15 is 0 Å². The van der Waals surface area contributed by atoms with E-state index in [1.54, 1.807) is 6.92 Å². The molecule has 0 rings (SSSR count). The average molecular weight is 234 g/mol. The summed E-state index contributed by atoms with van der Waals surface area (Å²) >= 11 is 5.54. The Labute approximate surface area is 96.7 Å². The first-order valence-electron chi connectivity index (χ1n) is 5.42. The number of carbonyl (C=O) groups is 1. The van der Waals surface area contributed by atoms with Gasteiger partial charge in [-0.05, 0) is 19.8 Å². The van der Waals surface area contributed by atoms with E-state index in [-0.39, 0.29) is 12.4 Å². The van der Waals surface area contributed by atoms with Gasteiger partial charge in [0.25, 0.3) is 0 Å². The molecule has 0 spiro atoms. The molecule has 3 nitrogen and oxygen atoms in total. The van der Waals surface area contributed by atoms with Gasteiger partial charge in [-0.2, -0.15) is 0 Å². The van der Waals surface area contributed by atoms with Crippen molar-refractivity contribution in [1.82, 2.24) is 0 Å². The molecular weight excluding hydrogens is 214 g/mol. The molecule has 0 radical (unpaired) electrons. The van der Waals surface area contributed by atoms with Crippen LogP contribution in [0.5, 0.6) is 0 Å². The van der Waals surface area contributed by atoms with Gasteiger partial charge in [-0.1, -0.05) is 19.3 Å². The van der Waals surface area contributed by atoms with Gasteiger partial charge < -0.3 is 10.1 Å². The fourth-order valence-corrected chi connectivity index (χ4v) is 1.37. The van der Waals surface area contributed by atoms with Crippen LogP contribution in [0, 0.1) is 5.41 Å². The largest absolute Gasteiger partial charge is 0.465 e. The van der Waals surface area contributed by atoms with Gasteiger partial charge in [0.15, 0.2) is 0 Å². The number of unbranched alkanes of at least 4 members (excludes halogenated alkanes) is 4. The molecule has 0 saturated carbocycles. The lowest BCUT2D eigenvalue weighted by atomic mass is 10.2. The van der Waals surface area contributed by atoms with Crippen molar-refractivity contribution in [1.29, 1.82) is 5.41 Å². The first kappa shape index (κ1) is 14.4. The molecule has 4 heteroatoms. The second-order valence-electron chi connectivity index (χ2n) is 3.63. The Balaban J connectivity index is 3.16. The van der Waals surface area contributed by atoms with Crippen molar-refractivity contribution in [2.75, 3.05) is 12.5 Å². The minimum absolute atomic E-state index is 0.117. The second kappa shape index (κ2) is 9.97. The number of nitrogens with one attached hydrogen (secondary N) is 1. The summed E-state index contributed by atoms with van der Waals surface area (Å²) in [6.07, 6.45) is 5.46. The molecule has 0 amide bonds. The number of alkyl halides is 1. The van der Waals surface area contributed by atoms with E-state index in [2.05, 4.69) is 0 Å². The molecule has 0 heterocycles. The minimum Gasteiger partial charge on any atom is -0.465 e. The van der Waals surface area contributed by atoms with Gasteiger partial charge in [-0.3, -0.25) is 4.79 Å². The first-order valence-corrected chi connectivity index (χ1v) is 5.96. The zero-order chi connectivity index (χ0) is 11.5. The van der Waals surface area contributed by atoms with Crippen molar-refractivity contribution in [3.8, 4) is 0 Å². The summed E-state index contributed by atoms with van der Waals surface area (Å²) in [5, 5.41) is 7.10. The minimum atomic E-state index is -0.289. The summed E-state index contributed by atoms with van der Waals surface area (Å²) < 4.78 is 4.95. The van der Waals surface area contributed by atoms with Gasteiger partial charge in [0.05, 0.1) is 13.0 Å². The normalized spacial score (nSPS) is 10.0. The standard InChI is InChI=1S/C11H20ClNO2/c1-10(13)9-11(14)15-8-6-4-2-3-5-7-12/h13H,2-9H2,1H3. The van der Waals surface area contributed by atoms with Crippen LogP contribution in [-0.4, -0.2) is 24.2 Å². The SMILES string of the molecule is CC(=N)CC(=O)OCCCCCCCCl. The topological polar surface area (TPSA) is 50.2 Å². The first-order chi connectivity index (χ1) is 7.16. The summed E-state index contributed by atoms with van der Waals surface area (Å²) in [4.78, 5) is 11.0. The lowest BCUT2D eigenvalue weighted by Gasteiger charge is -2.03. The summed E-state index contributed by atoms with van der Waals surface area (Å²) in [6.45, 7) is 2.08. The predicted molar refractivity (Wildman–Crippen MR) is 62.8 cm³/mol. The molecule has 0 aliphatic carbocycles. The van der Waals surface area contributed by atoms with E-state index in [4.69, 9.17) is 21.7 Å². The number of carbonyl (C=O) groups excluding carboxylic acids is 1. The van der Waals surface area contributed by atoms with Gasteiger partial charge in [0.2, 0.25) is 0 Å². The van der Waals surface area contributed by atoms with Crippen molar-refractivity contribution < 1.29 is 9.53 Å². The molecule has 0 aromatic heterocycles. The van der Waals surface area contributed by atoms with Crippen LogP contribution in [0.15, 0.2) is 0 Å². The van der Waals surface area contributed by atoms with Gasteiger partial charge >= 0.3 is 5.97 Å². The molecule has 0 atom stereocenters. The summed E-state index contributed by atoms with van der Waals surface area (Å²) in [7, 11) is 0. The van der Waals surface area contributed by atoms with Crippen LogP contribution in [0.25, 0.3) is 0 Å². The number of rotatable bonds is 9. The highest BCUT2D eigenvalue weighted by atomic mass is 35.5. The monoisotopic (exact) mass is 233 g/mol. The summed E-state index contributed by atoms with van der Waals surface area (Å²) in [5.41, 5.74) is 0.349. The molecule has 0 aromatic rings. The number of esters is 1. The van der Waals surface area contributed by atoms with Crippen LogP contribution >= 0.6 is 11.6 Å². The molecule has 0 aliphatic rings. The van der Waals surface area contributed by atoms with Crippen LogP contribution in [-0.2, 0) is 9.53 Å². The van der Waals surface area contributed by atoms with Gasteiger partial charge in [0.1, 0.15) is 0 Å². The third-order valence-corrected chi connectivity index (χ3v) is 2.22. The van der Waals surface area contributed by atoms with Crippen LogP contribution in [0.3, 0.4) is 0 Å². The molecule has 0 aliphatic heterocycles. The van der Waals surface area contributed by atoms with Crippen LogP contribution in [0.1, 0.15) is 45.4 Å². The maximum absolute atomic E-state index is 11.0. The van der Waals surface area contributed by atoms with Gasteiger partial charge in [-0.25, -0.2) is 0 Å². The Morgan fingerprint density at radius 1 is 1.20 bits per heavy atom. The van der Waals surface area contributed by atoms with Crippen molar-refractivity contribution in [2.45, 2.75) is 45.4 Å². The Bertz CT molecular complexity index is 195. The smallest absolute Gasteiger partial charge is 0.311 e. The molecule has 0 unspecified atom stereocenters. The van der Waals surface area contributed by atoms with Crippen molar-refractivity contribution >= 4 is 23.3 Å². The third kappa shape index (κ3) is 11.4. The van der Waals surface area contributed by atoms with E-state index < -0.39 is 0 Å². The molecule has 0 bridgehead atoms. The van der Waals surface area contributed by atoms with E-state index in [1.807, 2.05) is 0 Å². The highest BCUT2D eigenvalue weighted by molar-refractivity contribution is 6.17. The van der Waals surface area contributed by atoms with E-state index in [9.17, 15) is 4.79 Å². The molecule has 0 fully saturated rings. The highest BCUT2D eigenvalue weighted by Crippen LogP contribution is 2.04. The fourth-order valence-electron chi connectivity index (χ4n) is 1.18. The number of hydrogen-bond acceptors (Lipinski definition) is 3. The Morgan fingerprint density at radius 2 is 1.80 bits per heavy atom. The third-order valence-electron chi connectivity index (χ3n) is 1.95. The summed E-state index contributed by atoms with van der Waals surface area (Å²) in [5.74, 6) is 0.441. The lowest BCUT2D eigenvalue weighted by Crippen LogP contribution is -2.09. The maximum Gasteiger partial charge on any atom is 0.311 e. The van der Waals surface area contributed by atoms with Crippen LogP contribution in [0.2, 0.25) is 0 Å². The number of hydrogen-bond donors (Lipinski definition) is 1. The number of halogens is 1. The van der Waals surface area contributed by atoms with Crippen LogP contribution < -0.4 is 0 Å². The lowest BCUT2D eigenvalue weighted by molar-refractivity contribution is -0.142. The Hall–Kier alpha value is -0.570. The fraction of sp³-hybridized carbons (Fsp3) is 0.818. The van der Waals surface area contributed by atoms with Crippen molar-refractivity contribution in [3.05, 3.63) is 0 Å². The molecule has 0 aromatic carbocycles. The van der Waals surface area contributed by atoms with E-state index in [1.165, 1.54) is 0 Å². The molecule has 0 saturated heterocycles. The van der Waals surface area contributed by atoms with E-state index in [0.29, 0.717) is 12.3 Å². The molecule has 88 valence electrons. The second-order valence-corrected chi connectivity index (χ2v) is 4.01. The Kier molecular flexibility index (Phi) is 9.59. The molecular formula is C11H20ClNO2. The maximum atomic E-state index is 11.0. The van der Waals surface area contributed by atoms with Crippen molar-refractivity contribution in [2.24, 2.45) is 0 Å².